The van der Waals surface area contributed by atoms with Crippen LogP contribution in [-0.2, 0) is 0 Å². The molecule has 1 aromatic carbocycles. The quantitative estimate of drug-likeness (QED) is 0.841. The van der Waals surface area contributed by atoms with E-state index in [1.807, 2.05) is 6.08 Å². The smallest absolute Gasteiger partial charge is 0.0615 e. The largest absolute Gasteiger partial charge is 0.392 e. The molecule has 2 rings (SSSR count). The molecule has 1 N–H and O–H groups in total. The molecule has 0 radical (unpaired) electrons. The van der Waals surface area contributed by atoms with E-state index >= 15 is 0 Å². The van der Waals surface area contributed by atoms with Crippen molar-refractivity contribution < 1.29 is 5.11 Å². The third-order valence-corrected chi connectivity index (χ3v) is 3.03. The van der Waals surface area contributed by atoms with Crippen molar-refractivity contribution >= 4 is 11.8 Å². The minimum atomic E-state index is 0.105. The fourth-order valence-corrected chi connectivity index (χ4v) is 2.14. The van der Waals surface area contributed by atoms with Crippen molar-refractivity contribution in [2.45, 2.75) is 19.3 Å². The van der Waals surface area contributed by atoms with Gasteiger partial charge in [0.2, 0.25) is 0 Å². The Balaban J connectivity index is 2.03. The van der Waals surface area contributed by atoms with Gasteiger partial charge in [0.25, 0.3) is 0 Å². The zero-order valence-electron chi connectivity index (χ0n) is 9.60. The van der Waals surface area contributed by atoms with E-state index < -0.39 is 0 Å². The first kappa shape index (κ1) is 11.2. The maximum Gasteiger partial charge on any atom is 0.0615 e. The zero-order valence-corrected chi connectivity index (χ0v) is 9.60. The molecule has 86 valence electrons. The Labute approximate surface area is 97.2 Å². The average molecular weight is 217 g/mol. The van der Waals surface area contributed by atoms with Gasteiger partial charge in [0.15, 0.2) is 0 Å². The van der Waals surface area contributed by atoms with E-state index in [-0.39, 0.29) is 6.61 Å². The van der Waals surface area contributed by atoms with Gasteiger partial charge in [-0.15, -0.1) is 0 Å². The summed E-state index contributed by atoms with van der Waals surface area (Å²) in [7, 11) is 0. The number of aliphatic hydroxyl groups excluding tert-OH is 1. The molecule has 0 amide bonds. The molecular weight excluding hydrogens is 198 g/mol. The highest BCUT2D eigenvalue weighted by molar-refractivity contribution is 5.56. The molecule has 16 heavy (non-hydrogen) atoms. The summed E-state index contributed by atoms with van der Waals surface area (Å²) < 4.78 is 0. The lowest BCUT2D eigenvalue weighted by molar-refractivity contribution is 0.343. The second-order valence-corrected chi connectivity index (χ2v) is 4.22. The first-order valence-electron chi connectivity index (χ1n) is 6.02. The first-order chi connectivity index (χ1) is 7.90. The number of rotatable bonds is 3. The first-order valence-corrected chi connectivity index (χ1v) is 6.02. The van der Waals surface area contributed by atoms with Crippen LogP contribution in [0.5, 0.6) is 0 Å². The molecule has 2 heteroatoms. The molecule has 1 fully saturated rings. The predicted molar refractivity (Wildman–Crippen MR) is 68.6 cm³/mol. The molecule has 1 heterocycles. The van der Waals surface area contributed by atoms with Gasteiger partial charge in [0, 0.05) is 18.8 Å². The molecule has 1 saturated heterocycles. The van der Waals surface area contributed by atoms with Crippen LogP contribution in [0.25, 0.3) is 6.08 Å². The third-order valence-electron chi connectivity index (χ3n) is 3.03. The SMILES string of the molecule is OCC=Cc1ccc(N2CCCCC2)cc1. The molecule has 1 aliphatic heterocycles. The van der Waals surface area contributed by atoms with Crippen LogP contribution < -0.4 is 4.90 Å². The highest BCUT2D eigenvalue weighted by Crippen LogP contribution is 2.20. The summed E-state index contributed by atoms with van der Waals surface area (Å²) in [5, 5.41) is 8.69. The molecule has 0 bridgehead atoms. The van der Waals surface area contributed by atoms with Gasteiger partial charge < -0.3 is 10.0 Å². The summed E-state index contributed by atoms with van der Waals surface area (Å²) >= 11 is 0. The lowest BCUT2D eigenvalue weighted by atomic mass is 10.1. The van der Waals surface area contributed by atoms with Crippen LogP contribution in [0.15, 0.2) is 30.3 Å². The molecular formula is C14H19NO. The van der Waals surface area contributed by atoms with Gasteiger partial charge in [-0.05, 0) is 37.0 Å². The molecule has 0 atom stereocenters. The molecule has 0 saturated carbocycles. The van der Waals surface area contributed by atoms with Crippen molar-refractivity contribution in [3.8, 4) is 0 Å². The van der Waals surface area contributed by atoms with E-state index in [0.717, 1.165) is 5.56 Å². The number of anilines is 1. The van der Waals surface area contributed by atoms with E-state index in [2.05, 4.69) is 29.2 Å². The van der Waals surface area contributed by atoms with E-state index in [9.17, 15) is 0 Å². The van der Waals surface area contributed by atoms with Crippen molar-refractivity contribution in [2.75, 3.05) is 24.6 Å². The topological polar surface area (TPSA) is 23.5 Å². The number of nitrogens with zero attached hydrogens (tertiary/aromatic N) is 1. The third kappa shape index (κ3) is 2.86. The van der Waals surface area contributed by atoms with Gasteiger partial charge in [-0.25, -0.2) is 0 Å². The van der Waals surface area contributed by atoms with Crippen molar-refractivity contribution in [2.24, 2.45) is 0 Å². The Morgan fingerprint density at radius 3 is 2.38 bits per heavy atom. The van der Waals surface area contributed by atoms with E-state index in [4.69, 9.17) is 5.11 Å². The van der Waals surface area contributed by atoms with Gasteiger partial charge in [0.05, 0.1) is 6.61 Å². The monoisotopic (exact) mass is 217 g/mol. The van der Waals surface area contributed by atoms with E-state index in [0.29, 0.717) is 0 Å². The van der Waals surface area contributed by atoms with Crippen LogP contribution in [0.3, 0.4) is 0 Å². The Morgan fingerprint density at radius 2 is 1.75 bits per heavy atom. The second kappa shape index (κ2) is 5.71. The number of hydrogen-bond donors (Lipinski definition) is 1. The number of hydrogen-bond acceptors (Lipinski definition) is 2. The molecule has 0 unspecified atom stereocenters. The second-order valence-electron chi connectivity index (χ2n) is 4.22. The van der Waals surface area contributed by atoms with Crippen LogP contribution in [0.1, 0.15) is 24.8 Å². The normalized spacial score (nSPS) is 16.9. The van der Waals surface area contributed by atoms with E-state index in [1.54, 1.807) is 6.08 Å². The lowest BCUT2D eigenvalue weighted by Crippen LogP contribution is -2.29. The van der Waals surface area contributed by atoms with Crippen LogP contribution in [0.2, 0.25) is 0 Å². The highest BCUT2D eigenvalue weighted by atomic mass is 16.2. The summed E-state index contributed by atoms with van der Waals surface area (Å²) in [4.78, 5) is 2.45. The average Bonchev–Trinajstić information content (AvgIpc) is 2.38. The van der Waals surface area contributed by atoms with E-state index in [1.165, 1.54) is 38.0 Å². The Hall–Kier alpha value is -1.28. The number of piperidine rings is 1. The molecule has 0 spiro atoms. The summed E-state index contributed by atoms with van der Waals surface area (Å²) in [6.45, 7) is 2.48. The standard InChI is InChI=1S/C14H19NO/c16-12-4-5-13-6-8-14(9-7-13)15-10-2-1-3-11-15/h4-9,16H,1-3,10-12H2. The molecule has 1 aromatic rings. The van der Waals surface area contributed by atoms with Crippen molar-refractivity contribution in [1.82, 2.24) is 0 Å². The molecule has 0 aromatic heterocycles. The van der Waals surface area contributed by atoms with Crippen LogP contribution in [0, 0.1) is 0 Å². The van der Waals surface area contributed by atoms with Gasteiger partial charge in [-0.2, -0.15) is 0 Å². The number of benzene rings is 1. The Kier molecular flexibility index (Phi) is 4.00. The van der Waals surface area contributed by atoms with Gasteiger partial charge in [-0.1, -0.05) is 24.3 Å². The minimum Gasteiger partial charge on any atom is -0.392 e. The fourth-order valence-electron chi connectivity index (χ4n) is 2.14. The minimum absolute atomic E-state index is 0.105. The molecule has 0 aliphatic carbocycles. The maximum absolute atomic E-state index is 8.69. The van der Waals surface area contributed by atoms with Gasteiger partial charge in [-0.3, -0.25) is 0 Å². The summed E-state index contributed by atoms with van der Waals surface area (Å²) in [5.74, 6) is 0. The van der Waals surface area contributed by atoms with Gasteiger partial charge >= 0.3 is 0 Å². The van der Waals surface area contributed by atoms with Crippen LogP contribution in [-0.4, -0.2) is 24.8 Å². The molecule has 1 aliphatic rings. The fraction of sp³-hybridized carbons (Fsp3) is 0.429. The zero-order chi connectivity index (χ0) is 11.2. The highest BCUT2D eigenvalue weighted by Gasteiger charge is 2.09. The Bertz CT molecular complexity index is 336. The number of aliphatic hydroxyl groups is 1. The summed E-state index contributed by atoms with van der Waals surface area (Å²) in [5.41, 5.74) is 2.47. The van der Waals surface area contributed by atoms with Crippen molar-refractivity contribution in [3.63, 3.8) is 0 Å². The van der Waals surface area contributed by atoms with Gasteiger partial charge in [0.1, 0.15) is 0 Å². The van der Waals surface area contributed by atoms with Crippen LogP contribution in [0.4, 0.5) is 5.69 Å². The van der Waals surface area contributed by atoms with Crippen molar-refractivity contribution in [1.29, 1.82) is 0 Å². The predicted octanol–water partition coefficient (Wildman–Crippen LogP) is 2.68. The summed E-state index contributed by atoms with van der Waals surface area (Å²) in [6, 6.07) is 8.55. The molecule has 2 nitrogen and oxygen atoms in total. The summed E-state index contributed by atoms with van der Waals surface area (Å²) in [6.07, 6.45) is 7.70. The van der Waals surface area contributed by atoms with Crippen LogP contribution >= 0.6 is 0 Å². The maximum atomic E-state index is 8.69. The van der Waals surface area contributed by atoms with Crippen molar-refractivity contribution in [3.05, 3.63) is 35.9 Å². The lowest BCUT2D eigenvalue weighted by Gasteiger charge is -2.28. The Morgan fingerprint density at radius 1 is 1.06 bits per heavy atom.